The Kier molecular flexibility index (Phi) is 7.56. The highest BCUT2D eigenvalue weighted by Crippen LogP contribution is 2.35. The van der Waals surface area contributed by atoms with E-state index in [9.17, 15) is 0 Å². The minimum atomic E-state index is 0.802. The molecule has 0 heterocycles. The van der Waals surface area contributed by atoms with Gasteiger partial charge in [0.1, 0.15) is 0 Å². The summed E-state index contributed by atoms with van der Waals surface area (Å²) >= 11 is 0. The fourth-order valence-corrected chi connectivity index (χ4v) is 3.83. The van der Waals surface area contributed by atoms with E-state index in [4.69, 9.17) is 0 Å². The molecule has 0 aliphatic heterocycles. The summed E-state index contributed by atoms with van der Waals surface area (Å²) in [7, 11) is 0. The summed E-state index contributed by atoms with van der Waals surface area (Å²) in [6, 6.07) is 28.2. The van der Waals surface area contributed by atoms with Gasteiger partial charge >= 0.3 is 0 Å². The molecular formula is C29H29N5. The molecule has 5 heteroatoms. The summed E-state index contributed by atoms with van der Waals surface area (Å²) < 4.78 is 0. The van der Waals surface area contributed by atoms with Crippen molar-refractivity contribution in [1.82, 2.24) is 0 Å². The Labute approximate surface area is 201 Å². The molecule has 4 rings (SSSR count). The fourth-order valence-electron chi connectivity index (χ4n) is 3.83. The van der Waals surface area contributed by atoms with Crippen molar-refractivity contribution in [2.75, 3.05) is 18.0 Å². The van der Waals surface area contributed by atoms with Crippen molar-refractivity contribution in [2.24, 2.45) is 20.5 Å². The van der Waals surface area contributed by atoms with Crippen molar-refractivity contribution >= 4 is 45.3 Å². The van der Waals surface area contributed by atoms with Crippen LogP contribution in [-0.2, 0) is 0 Å². The highest BCUT2D eigenvalue weighted by molar-refractivity contribution is 5.99. The number of nitrogens with zero attached hydrogens (tertiary/aromatic N) is 5. The number of benzene rings is 4. The standard InChI is InChI=1S/C29H29N5/c1-4-9-22-12-14-23(15-13-22)30-32-28-20-21-29(27-11-8-7-10-26(27)28)33-31-24-16-18-25(19-17-24)34(5-2)6-3/h4,7-21H,5-6H2,1-3H3/b9-4-,32-30?,33-31?. The Morgan fingerprint density at radius 2 is 1.12 bits per heavy atom. The molecule has 0 fully saturated rings. The third-order valence-corrected chi connectivity index (χ3v) is 5.65. The van der Waals surface area contributed by atoms with Gasteiger partial charge in [-0.05, 0) is 74.9 Å². The van der Waals surface area contributed by atoms with Crippen LogP contribution in [0.1, 0.15) is 26.3 Å². The Bertz CT molecular complexity index is 1320. The molecule has 0 unspecified atom stereocenters. The van der Waals surface area contributed by atoms with Gasteiger partial charge < -0.3 is 4.90 Å². The molecule has 0 atom stereocenters. The van der Waals surface area contributed by atoms with Crippen LogP contribution in [0, 0.1) is 0 Å². The quantitative estimate of drug-likeness (QED) is 0.248. The first-order chi connectivity index (χ1) is 16.7. The molecule has 0 radical (unpaired) electrons. The van der Waals surface area contributed by atoms with Gasteiger partial charge in [-0.1, -0.05) is 48.6 Å². The summed E-state index contributed by atoms with van der Waals surface area (Å²) in [6.45, 7) is 8.28. The van der Waals surface area contributed by atoms with Crippen molar-refractivity contribution in [2.45, 2.75) is 20.8 Å². The number of azo groups is 2. The van der Waals surface area contributed by atoms with Crippen molar-refractivity contribution in [3.8, 4) is 0 Å². The zero-order chi connectivity index (χ0) is 23.8. The fraction of sp³-hybridized carbons (Fsp3) is 0.172. The first-order valence-electron chi connectivity index (χ1n) is 11.6. The predicted molar refractivity (Wildman–Crippen MR) is 143 cm³/mol. The molecule has 0 saturated carbocycles. The maximum Gasteiger partial charge on any atom is 0.0936 e. The smallest absolute Gasteiger partial charge is 0.0936 e. The lowest BCUT2D eigenvalue weighted by atomic mass is 10.1. The van der Waals surface area contributed by atoms with Crippen LogP contribution in [0.3, 0.4) is 0 Å². The van der Waals surface area contributed by atoms with Gasteiger partial charge in [-0.25, -0.2) is 0 Å². The van der Waals surface area contributed by atoms with E-state index >= 15 is 0 Å². The molecule has 0 aromatic heterocycles. The topological polar surface area (TPSA) is 52.7 Å². The summed E-state index contributed by atoms with van der Waals surface area (Å²) in [5, 5.41) is 19.9. The van der Waals surface area contributed by atoms with E-state index in [1.165, 1.54) is 5.69 Å². The summed E-state index contributed by atoms with van der Waals surface area (Å²) in [6.07, 6.45) is 4.07. The largest absolute Gasteiger partial charge is 0.372 e. The van der Waals surface area contributed by atoms with E-state index in [0.29, 0.717) is 0 Å². The van der Waals surface area contributed by atoms with E-state index in [0.717, 1.165) is 52.2 Å². The van der Waals surface area contributed by atoms with Crippen LogP contribution in [0.2, 0.25) is 0 Å². The zero-order valence-electron chi connectivity index (χ0n) is 19.9. The van der Waals surface area contributed by atoms with Crippen molar-refractivity contribution in [3.05, 3.63) is 96.6 Å². The summed E-state index contributed by atoms with van der Waals surface area (Å²) in [5.74, 6) is 0. The van der Waals surface area contributed by atoms with Gasteiger partial charge in [0.25, 0.3) is 0 Å². The van der Waals surface area contributed by atoms with Crippen LogP contribution in [-0.4, -0.2) is 13.1 Å². The molecule has 0 amide bonds. The highest BCUT2D eigenvalue weighted by atomic mass is 15.1. The van der Waals surface area contributed by atoms with Crippen molar-refractivity contribution in [3.63, 3.8) is 0 Å². The number of allylic oxidation sites excluding steroid dienone is 1. The van der Waals surface area contributed by atoms with Crippen LogP contribution in [0.15, 0.2) is 111 Å². The lowest BCUT2D eigenvalue weighted by Crippen LogP contribution is -2.21. The van der Waals surface area contributed by atoms with Gasteiger partial charge in [-0.2, -0.15) is 10.2 Å². The van der Waals surface area contributed by atoms with Gasteiger partial charge in [0.05, 0.1) is 22.7 Å². The normalized spacial score (nSPS) is 11.9. The second-order valence-corrected chi connectivity index (χ2v) is 7.83. The third-order valence-electron chi connectivity index (χ3n) is 5.65. The number of fused-ring (bicyclic) bond motifs is 1. The molecule has 0 bridgehead atoms. The number of anilines is 1. The van der Waals surface area contributed by atoms with Crippen LogP contribution >= 0.6 is 0 Å². The second-order valence-electron chi connectivity index (χ2n) is 7.83. The molecule has 34 heavy (non-hydrogen) atoms. The van der Waals surface area contributed by atoms with Gasteiger partial charge in [0.2, 0.25) is 0 Å². The van der Waals surface area contributed by atoms with Gasteiger partial charge in [0.15, 0.2) is 0 Å². The van der Waals surface area contributed by atoms with Crippen LogP contribution in [0.5, 0.6) is 0 Å². The highest BCUT2D eigenvalue weighted by Gasteiger charge is 2.06. The Balaban J connectivity index is 1.58. The Morgan fingerprint density at radius 3 is 1.59 bits per heavy atom. The Morgan fingerprint density at radius 1 is 0.618 bits per heavy atom. The lowest BCUT2D eigenvalue weighted by molar-refractivity contribution is 0.866. The van der Waals surface area contributed by atoms with Crippen molar-refractivity contribution in [1.29, 1.82) is 0 Å². The molecule has 0 N–H and O–H groups in total. The molecule has 4 aromatic carbocycles. The minimum Gasteiger partial charge on any atom is -0.372 e. The second kappa shape index (κ2) is 11.1. The van der Waals surface area contributed by atoms with E-state index in [2.05, 4.69) is 57.4 Å². The lowest BCUT2D eigenvalue weighted by Gasteiger charge is -2.20. The number of rotatable bonds is 8. The summed E-state index contributed by atoms with van der Waals surface area (Å²) in [5.41, 5.74) is 5.58. The predicted octanol–water partition coefficient (Wildman–Crippen LogP) is 9.55. The molecular weight excluding hydrogens is 418 g/mol. The Hall–Kier alpha value is -4.12. The average Bonchev–Trinajstić information content (AvgIpc) is 2.89. The summed E-state index contributed by atoms with van der Waals surface area (Å²) in [4.78, 5) is 2.30. The SMILES string of the molecule is C/C=C\c1ccc(N=Nc2ccc(N=Nc3ccc(N(CC)CC)cc3)c3ccccc23)cc1. The van der Waals surface area contributed by atoms with Crippen LogP contribution < -0.4 is 4.90 Å². The first kappa shape index (κ1) is 23.1. The maximum atomic E-state index is 4.54. The van der Waals surface area contributed by atoms with Crippen LogP contribution in [0.4, 0.5) is 28.4 Å². The molecule has 0 aliphatic carbocycles. The van der Waals surface area contributed by atoms with E-state index in [1.54, 1.807) is 0 Å². The monoisotopic (exact) mass is 447 g/mol. The molecule has 170 valence electrons. The molecule has 0 saturated heterocycles. The first-order valence-corrected chi connectivity index (χ1v) is 11.6. The van der Waals surface area contributed by atoms with Crippen LogP contribution in [0.25, 0.3) is 16.8 Å². The minimum absolute atomic E-state index is 0.802. The van der Waals surface area contributed by atoms with Gasteiger partial charge in [-0.15, -0.1) is 10.2 Å². The van der Waals surface area contributed by atoms with E-state index < -0.39 is 0 Å². The van der Waals surface area contributed by atoms with E-state index in [-0.39, 0.29) is 0 Å². The van der Waals surface area contributed by atoms with E-state index in [1.807, 2.05) is 85.8 Å². The molecule has 0 spiro atoms. The third kappa shape index (κ3) is 5.44. The van der Waals surface area contributed by atoms with Gasteiger partial charge in [0, 0.05) is 29.5 Å². The molecule has 0 aliphatic rings. The zero-order valence-corrected chi connectivity index (χ0v) is 19.9. The number of hydrogen-bond acceptors (Lipinski definition) is 5. The van der Waals surface area contributed by atoms with Crippen molar-refractivity contribution < 1.29 is 0 Å². The maximum absolute atomic E-state index is 4.54. The van der Waals surface area contributed by atoms with Gasteiger partial charge in [-0.3, -0.25) is 0 Å². The number of hydrogen-bond donors (Lipinski definition) is 0. The average molecular weight is 448 g/mol. The molecule has 5 nitrogen and oxygen atoms in total. The molecule has 4 aromatic rings.